The van der Waals surface area contributed by atoms with Gasteiger partial charge in [-0.15, -0.1) is 0 Å². The zero-order valence-electron chi connectivity index (χ0n) is 28.7. The van der Waals surface area contributed by atoms with Gasteiger partial charge in [0.25, 0.3) is 0 Å². The fourth-order valence-electron chi connectivity index (χ4n) is 8.59. The molecule has 8 aromatic carbocycles. The molecule has 0 N–H and O–H groups in total. The quantitative estimate of drug-likeness (QED) is 0.165. The fourth-order valence-corrected chi connectivity index (χ4v) is 9.37. The molecule has 3 aromatic heterocycles. The van der Waals surface area contributed by atoms with E-state index in [-0.39, 0.29) is 0 Å². The molecule has 0 aliphatic carbocycles. The maximum Gasteiger partial charge on any atom is 0.370 e. The second-order valence-corrected chi connectivity index (χ2v) is 14.8. The molecular formula is C48H32AlN3. The first kappa shape index (κ1) is 29.4. The van der Waals surface area contributed by atoms with E-state index in [2.05, 4.69) is 195 Å². The molecule has 4 heteroatoms. The maximum absolute atomic E-state index is 2.46. The maximum atomic E-state index is 2.46. The standard InChI is InChI=1S/C48H30N3.Al.2H/c1-3-11-35(12-4-1)50-45-17-9-7-15-37(45)41-29-33(21-25-47(41)50)31-19-23-43-39(27-31)40-28-32(20-24-44(40)49-43)34-22-26-48-42(30-34)38-16-8-10-18-46(38)51(48)36-13-5-2-6-14-36;;;/h1-30H;;;/q-1;+1;;. The normalized spacial score (nSPS) is 11.9. The van der Waals surface area contributed by atoms with E-state index in [1.54, 1.807) is 0 Å². The number of rotatable bonds is 4. The predicted molar refractivity (Wildman–Crippen MR) is 223 cm³/mol. The third kappa shape index (κ3) is 4.33. The monoisotopic (exact) mass is 677 g/mol. The molecule has 11 rings (SSSR count). The molecule has 0 aliphatic heterocycles. The van der Waals surface area contributed by atoms with Gasteiger partial charge in [-0.1, -0.05) is 97.1 Å². The molecule has 0 bridgehead atoms. The van der Waals surface area contributed by atoms with Crippen LogP contribution in [-0.4, -0.2) is 29.2 Å². The van der Waals surface area contributed by atoms with Crippen molar-refractivity contribution in [2.45, 2.75) is 0 Å². The van der Waals surface area contributed by atoms with E-state index in [9.17, 15) is 0 Å². The number of para-hydroxylation sites is 4. The molecule has 0 fully saturated rings. The summed E-state index contributed by atoms with van der Waals surface area (Å²) in [7, 11) is 0. The van der Waals surface area contributed by atoms with Gasteiger partial charge < -0.3 is 12.7 Å². The summed E-state index contributed by atoms with van der Waals surface area (Å²) in [5.74, 6) is 0. The van der Waals surface area contributed by atoms with Gasteiger partial charge in [0.2, 0.25) is 0 Å². The fraction of sp³-hybridized carbons (Fsp3) is 0. The van der Waals surface area contributed by atoms with Crippen LogP contribution in [0.25, 0.3) is 99.0 Å². The summed E-state index contributed by atoms with van der Waals surface area (Å²) in [4.78, 5) is 0. The Labute approximate surface area is 308 Å². The van der Waals surface area contributed by atoms with E-state index in [1.807, 2.05) is 0 Å². The summed E-state index contributed by atoms with van der Waals surface area (Å²) < 4.78 is 7.22. The lowest BCUT2D eigenvalue weighted by Gasteiger charge is -2.08. The molecule has 0 amide bonds. The van der Waals surface area contributed by atoms with Crippen molar-refractivity contribution >= 4 is 81.9 Å². The Kier molecular flexibility index (Phi) is 6.42. The van der Waals surface area contributed by atoms with Gasteiger partial charge in [-0.2, -0.15) is 0 Å². The summed E-state index contributed by atoms with van der Waals surface area (Å²) in [5.41, 5.74) is 14.8. The Hall–Kier alpha value is -6.31. The van der Waals surface area contributed by atoms with E-state index in [0.717, 1.165) is 16.5 Å². The molecule has 52 heavy (non-hydrogen) atoms. The Morgan fingerprint density at radius 3 is 0.981 bits per heavy atom. The lowest BCUT2D eigenvalue weighted by Crippen LogP contribution is -1.92. The average Bonchev–Trinajstić information content (AvgIpc) is 3.83. The van der Waals surface area contributed by atoms with Crippen molar-refractivity contribution in [3.05, 3.63) is 182 Å². The zero-order valence-corrected chi connectivity index (χ0v) is 30.7. The highest BCUT2D eigenvalue weighted by Gasteiger charge is 2.16. The van der Waals surface area contributed by atoms with Crippen molar-refractivity contribution in [3.63, 3.8) is 0 Å². The van der Waals surface area contributed by atoms with Crippen LogP contribution in [0.1, 0.15) is 0 Å². The molecule has 3 heterocycles. The van der Waals surface area contributed by atoms with Crippen LogP contribution in [0.5, 0.6) is 0 Å². The van der Waals surface area contributed by atoms with Crippen molar-refractivity contribution in [2.24, 2.45) is 0 Å². The minimum absolute atomic E-state index is 0.909. The van der Waals surface area contributed by atoms with Crippen molar-refractivity contribution < 1.29 is 0 Å². The first-order valence-electron chi connectivity index (χ1n) is 17.9. The number of hydrogen-bond donors (Lipinski definition) is 0. The lowest BCUT2D eigenvalue weighted by atomic mass is 9.98. The number of hydrogen-bond acceptors (Lipinski definition) is 0. The molecule has 0 saturated carbocycles. The van der Waals surface area contributed by atoms with Gasteiger partial charge in [0.1, 0.15) is 0 Å². The summed E-state index contributed by atoms with van der Waals surface area (Å²) in [6.45, 7) is 0. The first-order chi connectivity index (χ1) is 25.7. The number of benzene rings is 8. The van der Waals surface area contributed by atoms with E-state index in [0.29, 0.717) is 0 Å². The topological polar surface area (TPSA) is 14.8 Å². The summed E-state index contributed by atoms with van der Waals surface area (Å²) in [5, 5.41) is 7.70. The predicted octanol–water partition coefficient (Wildman–Crippen LogP) is 11.7. The van der Waals surface area contributed by atoms with Crippen LogP contribution < -0.4 is 0 Å². The third-order valence-corrected chi connectivity index (χ3v) is 12.0. The van der Waals surface area contributed by atoms with E-state index >= 15 is 0 Å². The van der Waals surface area contributed by atoms with E-state index < -0.39 is 0 Å². The number of nitrogens with zero attached hydrogens (tertiary/aromatic N) is 3. The van der Waals surface area contributed by atoms with Gasteiger partial charge in [-0.25, -0.2) is 0 Å². The molecule has 0 aliphatic rings. The van der Waals surface area contributed by atoms with Crippen LogP contribution in [0.4, 0.5) is 0 Å². The van der Waals surface area contributed by atoms with Gasteiger partial charge in [0.15, 0.2) is 0 Å². The summed E-state index contributed by atoms with van der Waals surface area (Å²) >= 11 is 0.909. The number of aromatic nitrogens is 3. The van der Waals surface area contributed by atoms with Crippen molar-refractivity contribution in [1.82, 2.24) is 12.7 Å². The molecule has 0 atom stereocenters. The summed E-state index contributed by atoms with van der Waals surface area (Å²) in [6.07, 6.45) is 0. The largest absolute Gasteiger partial charge is 0.440 e. The van der Waals surface area contributed by atoms with Crippen LogP contribution in [0, 0.1) is 0 Å². The van der Waals surface area contributed by atoms with Crippen molar-refractivity contribution in [3.8, 4) is 33.6 Å². The Morgan fingerprint density at radius 1 is 0.269 bits per heavy atom. The van der Waals surface area contributed by atoms with Crippen molar-refractivity contribution in [2.75, 3.05) is 0 Å². The molecule has 11 aromatic rings. The molecule has 3 nitrogen and oxygen atoms in total. The highest BCUT2D eigenvalue weighted by molar-refractivity contribution is 6.23. The summed E-state index contributed by atoms with van der Waals surface area (Å²) in [6, 6.07) is 66.8. The molecule has 0 spiro atoms. The smallest absolute Gasteiger partial charge is 0.370 e. The van der Waals surface area contributed by atoms with Crippen LogP contribution in [0.2, 0.25) is 0 Å². The molecular weight excluding hydrogens is 646 g/mol. The number of fused-ring (bicyclic) bond motifs is 9. The second-order valence-electron chi connectivity index (χ2n) is 13.9. The second kappa shape index (κ2) is 11.4. The van der Waals surface area contributed by atoms with Gasteiger partial charge in [0.05, 0.1) is 22.1 Å². The Morgan fingerprint density at radius 2 is 0.577 bits per heavy atom. The van der Waals surface area contributed by atoms with Crippen LogP contribution in [0.15, 0.2) is 182 Å². The lowest BCUT2D eigenvalue weighted by molar-refractivity contribution is 1.18. The zero-order chi connectivity index (χ0) is 34.3. The molecule has 0 saturated heterocycles. The van der Waals surface area contributed by atoms with Crippen molar-refractivity contribution in [1.29, 1.82) is 0 Å². The Balaban J connectivity index is 1.06. The van der Waals surface area contributed by atoms with Gasteiger partial charge in [-0.05, 0) is 107 Å². The van der Waals surface area contributed by atoms with E-state index in [4.69, 9.17) is 0 Å². The van der Waals surface area contributed by atoms with Crippen LogP contribution >= 0.6 is 0 Å². The minimum atomic E-state index is 0.909. The van der Waals surface area contributed by atoms with E-state index in [1.165, 1.54) is 99.0 Å². The van der Waals surface area contributed by atoms with Gasteiger partial charge in [-0.3, -0.25) is 0 Å². The molecule has 0 unspecified atom stereocenters. The minimum Gasteiger partial charge on any atom is -0.440 e. The first-order valence-corrected chi connectivity index (χ1v) is 18.8. The van der Waals surface area contributed by atoms with Crippen LogP contribution in [0.3, 0.4) is 0 Å². The third-order valence-electron chi connectivity index (χ3n) is 11.0. The van der Waals surface area contributed by atoms with Crippen LogP contribution in [-0.2, 0) is 0 Å². The Bertz CT molecular complexity index is 2970. The molecule has 242 valence electrons. The average molecular weight is 678 g/mol. The highest BCUT2D eigenvalue weighted by atomic mass is 27.1. The van der Waals surface area contributed by atoms with Gasteiger partial charge in [0, 0.05) is 54.7 Å². The highest BCUT2D eigenvalue weighted by Crippen LogP contribution is 2.39. The molecule has 0 radical (unpaired) electrons. The van der Waals surface area contributed by atoms with Gasteiger partial charge >= 0.3 is 16.5 Å². The SMILES string of the molecule is [AlH2][n]1c2ccc(-c3ccc4c(c3)c3ccccc3n4-c3ccccc3)cc2c2cc(-c3ccc4c(c3)c3ccccc3n4-c3ccccc3)ccc21.